The van der Waals surface area contributed by atoms with Crippen molar-refractivity contribution >= 4 is 0 Å². The maximum Gasteiger partial charge on any atom is 0.103 e. The molecule has 0 saturated heterocycles. The second kappa shape index (κ2) is 1.06. The van der Waals surface area contributed by atoms with E-state index in [1.807, 2.05) is 0 Å². The second-order valence-corrected chi connectivity index (χ2v) is 2.48. The highest BCUT2D eigenvalue weighted by molar-refractivity contribution is 5.29. The molecule has 1 nitrogen and oxygen atoms in total. The van der Waals surface area contributed by atoms with Gasteiger partial charge in [-0.25, -0.2) is 0 Å². The molecule has 1 heteroatoms. The van der Waals surface area contributed by atoms with E-state index in [0.717, 1.165) is 0 Å². The zero-order chi connectivity index (χ0) is 5.61. The predicted octanol–water partition coefficient (Wildman–Crippen LogP) is 1.27. The number of hydrogen-bond donors (Lipinski definition) is 0. The van der Waals surface area contributed by atoms with Crippen LogP contribution >= 0.6 is 0 Å². The van der Waals surface area contributed by atoms with Gasteiger partial charge in [0.05, 0.1) is 6.10 Å². The van der Waals surface area contributed by atoms with Gasteiger partial charge in [0.25, 0.3) is 0 Å². The Morgan fingerprint density at radius 2 is 2.00 bits per heavy atom. The lowest BCUT2D eigenvalue weighted by Crippen LogP contribution is -2.15. The molecule has 42 valence electrons. The summed E-state index contributed by atoms with van der Waals surface area (Å²) < 4.78 is 5.44. The average Bonchev–Trinajstić information content (AvgIpc) is 2.21. The van der Waals surface area contributed by atoms with Crippen LogP contribution in [0.1, 0.15) is 6.92 Å². The van der Waals surface area contributed by atoms with Crippen molar-refractivity contribution in [1.82, 2.24) is 0 Å². The summed E-state index contributed by atoms with van der Waals surface area (Å²) in [4.78, 5) is 0. The molecular weight excluding hydrogens is 100 g/mol. The normalized spacial score (nSPS) is 48.9. The van der Waals surface area contributed by atoms with Crippen LogP contribution in [-0.2, 0) is 4.74 Å². The van der Waals surface area contributed by atoms with Crippen molar-refractivity contribution in [1.29, 1.82) is 0 Å². The zero-order valence-corrected chi connectivity index (χ0v) is 4.79. The van der Waals surface area contributed by atoms with E-state index < -0.39 is 0 Å². The van der Waals surface area contributed by atoms with Crippen LogP contribution in [0.25, 0.3) is 0 Å². The molecule has 8 heavy (non-hydrogen) atoms. The highest BCUT2D eigenvalue weighted by Gasteiger charge is 2.31. The van der Waals surface area contributed by atoms with E-state index in [2.05, 4.69) is 31.2 Å². The van der Waals surface area contributed by atoms with Gasteiger partial charge in [-0.15, -0.1) is 0 Å². The number of hydrogen-bond acceptors (Lipinski definition) is 1. The summed E-state index contributed by atoms with van der Waals surface area (Å²) in [5.41, 5.74) is -0.0509. The van der Waals surface area contributed by atoms with Gasteiger partial charge < -0.3 is 4.74 Å². The Labute approximate surface area is 48.7 Å². The zero-order valence-electron chi connectivity index (χ0n) is 4.79. The number of fused-ring (bicyclic) bond motifs is 2. The van der Waals surface area contributed by atoms with Crippen LogP contribution in [0.15, 0.2) is 24.3 Å². The summed E-state index contributed by atoms with van der Waals surface area (Å²) in [5.74, 6) is 0. The molecule has 2 bridgehead atoms. The third-order valence-corrected chi connectivity index (χ3v) is 1.62. The van der Waals surface area contributed by atoms with Gasteiger partial charge in [0.15, 0.2) is 0 Å². The highest BCUT2D eigenvalue weighted by Crippen LogP contribution is 2.30. The molecule has 0 unspecified atom stereocenters. The SMILES string of the molecule is CC12C=CC(C=C1)O2. The van der Waals surface area contributed by atoms with E-state index >= 15 is 0 Å². The van der Waals surface area contributed by atoms with Crippen LogP contribution < -0.4 is 0 Å². The molecule has 2 heterocycles. The minimum absolute atomic E-state index is 0.0509. The van der Waals surface area contributed by atoms with Crippen LogP contribution in [0.4, 0.5) is 0 Å². The third kappa shape index (κ3) is 0.397. The van der Waals surface area contributed by atoms with Crippen molar-refractivity contribution in [3.05, 3.63) is 24.3 Å². The molecule has 0 aliphatic carbocycles. The van der Waals surface area contributed by atoms with E-state index in [0.29, 0.717) is 0 Å². The summed E-state index contributed by atoms with van der Waals surface area (Å²) in [5, 5.41) is 0. The van der Waals surface area contributed by atoms with Gasteiger partial charge in [-0.2, -0.15) is 0 Å². The molecule has 0 saturated carbocycles. The van der Waals surface area contributed by atoms with Crippen molar-refractivity contribution in [2.75, 3.05) is 0 Å². The van der Waals surface area contributed by atoms with Gasteiger partial charge in [-0.05, 0) is 6.92 Å². The molecule has 0 aromatic heterocycles. The predicted molar refractivity (Wildman–Crippen MR) is 31.6 cm³/mol. The maximum absolute atomic E-state index is 5.44. The van der Waals surface area contributed by atoms with E-state index in [4.69, 9.17) is 4.74 Å². The molecule has 0 aromatic rings. The Hall–Kier alpha value is -0.560. The smallest absolute Gasteiger partial charge is 0.103 e. The Morgan fingerprint density at radius 1 is 1.38 bits per heavy atom. The molecule has 0 amide bonds. The molecular formula is C7H8O. The second-order valence-electron chi connectivity index (χ2n) is 2.48. The first-order chi connectivity index (χ1) is 3.79. The average molecular weight is 108 g/mol. The highest BCUT2D eigenvalue weighted by atomic mass is 16.5. The van der Waals surface area contributed by atoms with Crippen molar-refractivity contribution in [3.63, 3.8) is 0 Å². The quantitative estimate of drug-likeness (QED) is 0.424. The van der Waals surface area contributed by atoms with Gasteiger partial charge in [0.2, 0.25) is 0 Å². The number of ether oxygens (including phenoxy) is 1. The Balaban J connectivity index is 2.43. The van der Waals surface area contributed by atoms with Gasteiger partial charge in [0, 0.05) is 0 Å². The monoisotopic (exact) mass is 108 g/mol. The Bertz CT molecular complexity index is 153. The van der Waals surface area contributed by atoms with Crippen molar-refractivity contribution in [3.8, 4) is 0 Å². The lowest BCUT2D eigenvalue weighted by atomic mass is 10.1. The largest absolute Gasteiger partial charge is 0.356 e. The van der Waals surface area contributed by atoms with E-state index in [9.17, 15) is 0 Å². The Kier molecular flexibility index (Phi) is 0.571. The maximum atomic E-state index is 5.44. The number of rotatable bonds is 0. The van der Waals surface area contributed by atoms with Crippen molar-refractivity contribution < 1.29 is 4.74 Å². The third-order valence-electron chi connectivity index (χ3n) is 1.62. The van der Waals surface area contributed by atoms with Crippen LogP contribution in [0, 0.1) is 0 Å². The van der Waals surface area contributed by atoms with E-state index in [1.165, 1.54) is 0 Å². The molecule has 2 rings (SSSR count). The lowest BCUT2D eigenvalue weighted by molar-refractivity contribution is 0.0642. The van der Waals surface area contributed by atoms with Crippen molar-refractivity contribution in [2.24, 2.45) is 0 Å². The molecule has 0 N–H and O–H groups in total. The van der Waals surface area contributed by atoms with Gasteiger partial charge in [-0.3, -0.25) is 0 Å². The lowest BCUT2D eigenvalue weighted by Gasteiger charge is -2.11. The molecule has 0 spiro atoms. The molecule has 2 aliphatic rings. The standard InChI is InChI=1S/C7H8O/c1-7-4-2-6(8-7)3-5-7/h2-6H,1H3. The van der Waals surface area contributed by atoms with Gasteiger partial charge in [0.1, 0.15) is 5.60 Å². The minimum atomic E-state index is -0.0509. The van der Waals surface area contributed by atoms with Gasteiger partial charge in [-0.1, -0.05) is 24.3 Å². The minimum Gasteiger partial charge on any atom is -0.356 e. The Morgan fingerprint density at radius 3 is 2.12 bits per heavy atom. The van der Waals surface area contributed by atoms with Gasteiger partial charge >= 0.3 is 0 Å². The fraction of sp³-hybridized carbons (Fsp3) is 0.429. The summed E-state index contributed by atoms with van der Waals surface area (Å²) in [6.45, 7) is 2.06. The molecule has 0 atom stereocenters. The molecule has 2 aliphatic heterocycles. The molecule has 0 aromatic carbocycles. The fourth-order valence-corrected chi connectivity index (χ4v) is 1.14. The van der Waals surface area contributed by atoms with Crippen LogP contribution in [0.3, 0.4) is 0 Å². The first-order valence-electron chi connectivity index (χ1n) is 2.85. The fourth-order valence-electron chi connectivity index (χ4n) is 1.14. The van der Waals surface area contributed by atoms with E-state index in [1.54, 1.807) is 0 Å². The molecule has 0 radical (unpaired) electrons. The summed E-state index contributed by atoms with van der Waals surface area (Å²) >= 11 is 0. The van der Waals surface area contributed by atoms with E-state index in [-0.39, 0.29) is 11.7 Å². The summed E-state index contributed by atoms with van der Waals surface area (Å²) in [6.07, 6.45) is 8.63. The first-order valence-corrected chi connectivity index (χ1v) is 2.85. The van der Waals surface area contributed by atoms with Crippen molar-refractivity contribution in [2.45, 2.75) is 18.6 Å². The topological polar surface area (TPSA) is 9.23 Å². The van der Waals surface area contributed by atoms with Crippen LogP contribution in [-0.4, -0.2) is 11.7 Å². The first kappa shape index (κ1) is 4.33. The van der Waals surface area contributed by atoms with Crippen LogP contribution in [0.2, 0.25) is 0 Å². The van der Waals surface area contributed by atoms with Crippen LogP contribution in [0.5, 0.6) is 0 Å². The molecule has 0 fully saturated rings. The summed E-state index contributed by atoms with van der Waals surface area (Å²) in [7, 11) is 0. The summed E-state index contributed by atoms with van der Waals surface area (Å²) in [6, 6.07) is 0.